The van der Waals surface area contributed by atoms with Gasteiger partial charge in [-0.25, -0.2) is 4.63 Å². The smallest absolute Gasteiger partial charge is 0.306 e. The predicted molar refractivity (Wildman–Crippen MR) is 133 cm³/mol. The average Bonchev–Trinajstić information content (AvgIpc) is 3.34. The van der Waals surface area contributed by atoms with Crippen LogP contribution < -0.4 is 5.32 Å². The van der Waals surface area contributed by atoms with Gasteiger partial charge in [-0.2, -0.15) is 0 Å². The number of non-ortho nitro benzene ring substituents is 1. The van der Waals surface area contributed by atoms with Gasteiger partial charge in [-0.3, -0.25) is 19.7 Å². The third-order valence-corrected chi connectivity index (χ3v) is 6.67. The Morgan fingerprint density at radius 2 is 1.83 bits per heavy atom. The van der Waals surface area contributed by atoms with Crippen molar-refractivity contribution in [2.24, 2.45) is 0 Å². The van der Waals surface area contributed by atoms with E-state index < -0.39 is 4.92 Å². The van der Waals surface area contributed by atoms with Gasteiger partial charge in [-0.1, -0.05) is 26.7 Å². The lowest BCUT2D eigenvalue weighted by Gasteiger charge is -2.17. The van der Waals surface area contributed by atoms with E-state index in [1.54, 1.807) is 17.8 Å². The van der Waals surface area contributed by atoms with E-state index >= 15 is 0 Å². The van der Waals surface area contributed by atoms with Crippen LogP contribution in [0.3, 0.4) is 0 Å². The van der Waals surface area contributed by atoms with Gasteiger partial charge in [0.05, 0.1) is 18.0 Å². The maximum absolute atomic E-state index is 11.8. The van der Waals surface area contributed by atoms with E-state index in [2.05, 4.69) is 39.0 Å². The number of aromatic nitrogens is 2. The number of nitrogens with zero attached hydrogens (tertiary/aromatic N) is 4. The second-order valence-corrected chi connectivity index (χ2v) is 9.15. The highest BCUT2D eigenvalue weighted by atomic mass is 32.2. The topological polar surface area (TPSA) is 141 Å². The second-order valence-electron chi connectivity index (χ2n) is 8.01. The predicted octanol–water partition coefficient (Wildman–Crippen LogP) is 3.96. The molecule has 11 nitrogen and oxygen atoms in total. The van der Waals surface area contributed by atoms with Crippen LogP contribution in [0, 0.1) is 10.1 Å². The molecule has 0 spiro atoms. The Hall–Kier alpha value is -2.73. The number of nitrogens with one attached hydrogen (secondary N) is 1. The van der Waals surface area contributed by atoms with Crippen LogP contribution in [-0.2, 0) is 14.3 Å². The van der Waals surface area contributed by atoms with Gasteiger partial charge in [0.15, 0.2) is 5.52 Å². The minimum absolute atomic E-state index is 0.0964. The van der Waals surface area contributed by atoms with Gasteiger partial charge in [0.2, 0.25) is 11.4 Å². The van der Waals surface area contributed by atoms with Crippen molar-refractivity contribution in [3.63, 3.8) is 0 Å². The summed E-state index contributed by atoms with van der Waals surface area (Å²) in [6.45, 7) is 8.16. The van der Waals surface area contributed by atoms with Gasteiger partial charge in [0.25, 0.3) is 0 Å². The highest BCUT2D eigenvalue weighted by Crippen LogP contribution is 2.32. The lowest BCUT2D eigenvalue weighted by Crippen LogP contribution is -2.30. The second kappa shape index (κ2) is 16.0. The molecule has 1 amide bonds. The van der Waals surface area contributed by atoms with Gasteiger partial charge >= 0.3 is 11.7 Å². The fourth-order valence-corrected chi connectivity index (χ4v) is 4.47. The monoisotopic (exact) mass is 509 g/mol. The minimum Gasteiger partial charge on any atom is -0.466 e. The van der Waals surface area contributed by atoms with Gasteiger partial charge < -0.3 is 15.0 Å². The third kappa shape index (κ3) is 10.2. The molecule has 0 saturated carbocycles. The lowest BCUT2D eigenvalue weighted by atomic mass is 10.2. The van der Waals surface area contributed by atoms with Crippen LogP contribution in [0.5, 0.6) is 0 Å². The first-order chi connectivity index (χ1) is 17.0. The van der Waals surface area contributed by atoms with E-state index in [9.17, 15) is 19.7 Å². The summed E-state index contributed by atoms with van der Waals surface area (Å²) >= 11 is 1.55. The summed E-state index contributed by atoms with van der Waals surface area (Å²) in [6, 6.07) is 3.09. The zero-order valence-corrected chi connectivity index (χ0v) is 21.3. The molecule has 2 aromatic rings. The summed E-state index contributed by atoms with van der Waals surface area (Å²) in [5.74, 6) is 0.358. The molecule has 0 fully saturated rings. The fraction of sp³-hybridized carbons (Fsp3) is 0.652. The average molecular weight is 510 g/mol. The third-order valence-electron chi connectivity index (χ3n) is 5.54. The minimum atomic E-state index is -0.502. The van der Waals surface area contributed by atoms with E-state index in [1.807, 2.05) is 0 Å². The van der Waals surface area contributed by atoms with Crippen LogP contribution in [-0.4, -0.2) is 70.6 Å². The molecule has 0 bridgehead atoms. The molecule has 0 unspecified atom stereocenters. The van der Waals surface area contributed by atoms with E-state index in [0.29, 0.717) is 18.7 Å². The number of carbonyl (C=O) groups excluding carboxylic acids is 2. The number of esters is 1. The molecule has 12 heteroatoms. The van der Waals surface area contributed by atoms with Crippen molar-refractivity contribution >= 4 is 40.4 Å². The van der Waals surface area contributed by atoms with Gasteiger partial charge in [0, 0.05) is 23.9 Å². The first-order valence-corrected chi connectivity index (χ1v) is 13.1. The standard InChI is InChI=1S/C23H35N5O6S/c1-3-27(4-2)15-9-14-24-20(29)12-13-21(30)33-16-7-5-6-8-17-35-19-11-10-18(28(31)32)22-23(19)26-34-25-22/h10-11H,3-9,12-17H2,1-2H3,(H,24,29). The molecule has 0 aliphatic heterocycles. The molecule has 194 valence electrons. The Balaban J connectivity index is 1.48. The highest BCUT2D eigenvalue weighted by Gasteiger charge is 2.19. The number of nitro benzene ring substituents is 1. The highest BCUT2D eigenvalue weighted by molar-refractivity contribution is 7.99. The van der Waals surface area contributed by atoms with Crippen molar-refractivity contribution in [2.45, 2.75) is 63.7 Å². The molecule has 1 aromatic heterocycles. The Morgan fingerprint density at radius 3 is 2.57 bits per heavy atom. The number of amides is 1. The van der Waals surface area contributed by atoms with Crippen LogP contribution in [0.15, 0.2) is 21.7 Å². The fourth-order valence-electron chi connectivity index (χ4n) is 3.47. The maximum Gasteiger partial charge on any atom is 0.306 e. The largest absolute Gasteiger partial charge is 0.466 e. The summed E-state index contributed by atoms with van der Waals surface area (Å²) < 4.78 is 9.89. The lowest BCUT2D eigenvalue weighted by molar-refractivity contribution is -0.383. The zero-order valence-electron chi connectivity index (χ0n) is 20.5. The van der Waals surface area contributed by atoms with Crippen molar-refractivity contribution in [3.8, 4) is 0 Å². The number of unbranched alkanes of at least 4 members (excludes halogenated alkanes) is 3. The van der Waals surface area contributed by atoms with Gasteiger partial charge in [0.1, 0.15) is 0 Å². The van der Waals surface area contributed by atoms with Crippen molar-refractivity contribution < 1.29 is 23.9 Å². The summed E-state index contributed by atoms with van der Waals surface area (Å²) in [7, 11) is 0. The van der Waals surface area contributed by atoms with Crippen molar-refractivity contribution in [1.82, 2.24) is 20.5 Å². The van der Waals surface area contributed by atoms with E-state index in [-0.39, 0.29) is 35.9 Å². The molecule has 0 aliphatic rings. The van der Waals surface area contributed by atoms with Crippen molar-refractivity contribution in [2.75, 3.05) is 38.5 Å². The number of nitro groups is 1. The van der Waals surface area contributed by atoms with Crippen LogP contribution >= 0.6 is 11.8 Å². The van der Waals surface area contributed by atoms with E-state index in [1.165, 1.54) is 6.07 Å². The summed E-state index contributed by atoms with van der Waals surface area (Å²) in [5, 5.41) is 21.3. The molecular formula is C23H35N5O6S. The Morgan fingerprint density at radius 1 is 1.09 bits per heavy atom. The summed E-state index contributed by atoms with van der Waals surface area (Å²) in [4.78, 5) is 37.3. The number of thioether (sulfide) groups is 1. The molecule has 0 radical (unpaired) electrons. The molecule has 35 heavy (non-hydrogen) atoms. The van der Waals surface area contributed by atoms with Gasteiger partial charge in [-0.05, 0) is 61.0 Å². The Bertz CT molecular complexity index is 950. The SMILES string of the molecule is CCN(CC)CCCNC(=O)CCC(=O)OCCCCCCSc1ccc([N+](=O)[O-])c2nonc12. The van der Waals surface area contributed by atoms with Crippen molar-refractivity contribution in [1.29, 1.82) is 0 Å². The van der Waals surface area contributed by atoms with E-state index in [4.69, 9.17) is 4.74 Å². The maximum atomic E-state index is 11.8. The first-order valence-electron chi connectivity index (χ1n) is 12.1. The van der Waals surface area contributed by atoms with Crippen LogP contribution in [0.4, 0.5) is 5.69 Å². The molecule has 2 rings (SSSR count). The summed E-state index contributed by atoms with van der Waals surface area (Å²) in [6.07, 6.45) is 4.73. The Labute approximate surface area is 209 Å². The molecular weight excluding hydrogens is 474 g/mol. The van der Waals surface area contributed by atoms with Gasteiger partial charge in [-0.15, -0.1) is 11.8 Å². The molecule has 1 heterocycles. The molecule has 0 saturated heterocycles. The number of hydrogen-bond donors (Lipinski definition) is 1. The quantitative estimate of drug-likeness (QED) is 0.103. The molecule has 0 aliphatic carbocycles. The number of benzene rings is 1. The van der Waals surface area contributed by atoms with Crippen LogP contribution in [0.25, 0.3) is 11.0 Å². The number of rotatable bonds is 18. The molecule has 1 N–H and O–H groups in total. The van der Waals surface area contributed by atoms with Crippen LogP contribution in [0.2, 0.25) is 0 Å². The number of hydrogen-bond acceptors (Lipinski definition) is 10. The summed E-state index contributed by atoms with van der Waals surface area (Å²) in [5.41, 5.74) is 0.450. The Kier molecular flexibility index (Phi) is 13.1. The number of fused-ring (bicyclic) bond motifs is 1. The van der Waals surface area contributed by atoms with Crippen LogP contribution in [0.1, 0.15) is 58.8 Å². The number of ether oxygens (including phenoxy) is 1. The molecule has 1 aromatic carbocycles. The van der Waals surface area contributed by atoms with E-state index in [0.717, 1.165) is 62.4 Å². The van der Waals surface area contributed by atoms with Crippen molar-refractivity contribution in [3.05, 3.63) is 22.2 Å². The number of carbonyl (C=O) groups is 2. The first kappa shape index (κ1) is 28.5. The molecule has 0 atom stereocenters. The zero-order chi connectivity index (χ0) is 25.5. The normalized spacial score (nSPS) is 11.2.